The van der Waals surface area contributed by atoms with Crippen LogP contribution in [0.2, 0.25) is 0 Å². The highest BCUT2D eigenvalue weighted by Gasteiger charge is 2.30. The van der Waals surface area contributed by atoms with Gasteiger partial charge in [0.25, 0.3) is 5.91 Å². The van der Waals surface area contributed by atoms with Gasteiger partial charge >= 0.3 is 6.18 Å². The third-order valence-electron chi connectivity index (χ3n) is 3.85. The van der Waals surface area contributed by atoms with Crippen LogP contribution in [0.1, 0.15) is 28.9 Å². The summed E-state index contributed by atoms with van der Waals surface area (Å²) in [5.74, 6) is -0.307. The van der Waals surface area contributed by atoms with Crippen LogP contribution in [0.15, 0.2) is 29.6 Å². The van der Waals surface area contributed by atoms with Crippen molar-refractivity contribution in [1.82, 2.24) is 15.6 Å². The number of benzene rings is 1. The number of nitrogens with zero attached hydrogens (tertiary/aromatic N) is 1. The van der Waals surface area contributed by atoms with Crippen molar-refractivity contribution in [2.45, 2.75) is 25.1 Å². The van der Waals surface area contributed by atoms with Crippen molar-refractivity contribution >= 4 is 42.1 Å². The number of carbonyl (C=O) groups excluding carboxylic acids is 1. The van der Waals surface area contributed by atoms with Gasteiger partial charge in [0.15, 0.2) is 0 Å². The van der Waals surface area contributed by atoms with E-state index in [4.69, 9.17) is 0 Å². The van der Waals surface area contributed by atoms with Crippen LogP contribution in [0.4, 0.5) is 13.2 Å². The molecular weight excluding hydrogens is 410 g/mol. The van der Waals surface area contributed by atoms with Gasteiger partial charge in [-0.05, 0) is 31.5 Å². The van der Waals surface area contributed by atoms with Gasteiger partial charge in [0.05, 0.1) is 5.56 Å². The van der Waals surface area contributed by atoms with Crippen molar-refractivity contribution in [2.24, 2.45) is 0 Å². The largest absolute Gasteiger partial charge is 0.416 e. The van der Waals surface area contributed by atoms with Gasteiger partial charge in [0, 0.05) is 23.5 Å². The minimum Gasteiger partial charge on any atom is -0.349 e. The van der Waals surface area contributed by atoms with Gasteiger partial charge in [-0.3, -0.25) is 4.79 Å². The number of hydrogen-bond acceptors (Lipinski definition) is 4. The lowest BCUT2D eigenvalue weighted by molar-refractivity contribution is -0.137. The molecule has 26 heavy (non-hydrogen) atoms. The molecule has 1 aliphatic rings. The topological polar surface area (TPSA) is 54.0 Å². The minimum absolute atomic E-state index is 0. The highest BCUT2D eigenvalue weighted by Crippen LogP contribution is 2.33. The molecule has 1 atom stereocenters. The van der Waals surface area contributed by atoms with Crippen LogP contribution in [0.25, 0.3) is 10.6 Å². The second kappa shape index (κ2) is 9.55. The molecule has 1 fully saturated rings. The second-order valence-corrected chi connectivity index (χ2v) is 6.48. The van der Waals surface area contributed by atoms with Crippen LogP contribution in [0.3, 0.4) is 0 Å². The molecular formula is C16H18Cl2F3N3OS. The zero-order valence-corrected chi connectivity index (χ0v) is 16.0. The molecule has 144 valence electrons. The number of carbonyl (C=O) groups is 1. The van der Waals surface area contributed by atoms with E-state index >= 15 is 0 Å². The summed E-state index contributed by atoms with van der Waals surface area (Å²) in [7, 11) is 0. The van der Waals surface area contributed by atoms with E-state index in [1.165, 1.54) is 6.07 Å². The molecule has 0 saturated carbocycles. The SMILES string of the molecule is Cl.Cl.O=C(NCC1CCCN1)c1csc(-c2cccc(C(F)(F)F)c2)n1. The molecule has 4 nitrogen and oxygen atoms in total. The van der Waals surface area contributed by atoms with Gasteiger partial charge in [-0.25, -0.2) is 4.98 Å². The van der Waals surface area contributed by atoms with Crippen LogP contribution >= 0.6 is 36.2 Å². The molecule has 2 aromatic rings. The molecule has 0 spiro atoms. The van der Waals surface area contributed by atoms with Crippen molar-refractivity contribution in [3.05, 3.63) is 40.9 Å². The average Bonchev–Trinajstić information content (AvgIpc) is 3.23. The normalized spacial score (nSPS) is 16.5. The Kier molecular flexibility index (Phi) is 8.33. The third kappa shape index (κ3) is 5.57. The molecule has 1 aliphatic heterocycles. The van der Waals surface area contributed by atoms with E-state index in [-0.39, 0.29) is 42.5 Å². The van der Waals surface area contributed by atoms with Gasteiger partial charge < -0.3 is 10.6 Å². The quantitative estimate of drug-likeness (QED) is 0.770. The van der Waals surface area contributed by atoms with Gasteiger partial charge in [-0.15, -0.1) is 36.2 Å². The molecule has 1 aromatic carbocycles. The van der Waals surface area contributed by atoms with Crippen LogP contribution < -0.4 is 10.6 Å². The molecule has 0 bridgehead atoms. The standard InChI is InChI=1S/C16H16F3N3OS.2ClH/c17-16(18,19)11-4-1-3-10(7-11)15-22-13(9-24-15)14(23)21-8-12-5-2-6-20-12;;/h1,3-4,7,9,12,20H,2,5-6,8H2,(H,21,23);2*1H. The summed E-state index contributed by atoms with van der Waals surface area (Å²) in [5.41, 5.74) is -0.148. The van der Waals surface area contributed by atoms with Gasteiger partial charge in [0.1, 0.15) is 10.7 Å². The van der Waals surface area contributed by atoms with E-state index in [1.807, 2.05) is 0 Å². The van der Waals surface area contributed by atoms with Crippen LogP contribution in [-0.4, -0.2) is 30.0 Å². The fourth-order valence-corrected chi connectivity index (χ4v) is 3.37. The first-order valence-electron chi connectivity index (χ1n) is 7.58. The Morgan fingerprint density at radius 3 is 2.77 bits per heavy atom. The lowest BCUT2D eigenvalue weighted by Crippen LogP contribution is -2.37. The van der Waals surface area contributed by atoms with E-state index < -0.39 is 11.7 Å². The number of thiazole rings is 1. The first-order chi connectivity index (χ1) is 11.4. The number of halogens is 5. The van der Waals surface area contributed by atoms with Crippen LogP contribution in [0, 0.1) is 0 Å². The molecule has 1 saturated heterocycles. The fourth-order valence-electron chi connectivity index (χ4n) is 2.58. The number of hydrogen-bond donors (Lipinski definition) is 2. The Bertz CT molecular complexity index is 734. The molecule has 2 heterocycles. The zero-order chi connectivity index (χ0) is 17.2. The second-order valence-electron chi connectivity index (χ2n) is 5.62. The zero-order valence-electron chi connectivity index (χ0n) is 13.5. The van der Waals surface area contributed by atoms with Gasteiger partial charge in [-0.2, -0.15) is 13.2 Å². The smallest absolute Gasteiger partial charge is 0.349 e. The lowest BCUT2D eigenvalue weighted by Gasteiger charge is -2.10. The summed E-state index contributed by atoms with van der Waals surface area (Å²) in [6.07, 6.45) is -2.29. The Labute approximate surface area is 165 Å². The van der Waals surface area contributed by atoms with Gasteiger partial charge in [-0.1, -0.05) is 12.1 Å². The lowest BCUT2D eigenvalue weighted by atomic mass is 10.1. The summed E-state index contributed by atoms with van der Waals surface area (Å²) in [4.78, 5) is 16.3. The summed E-state index contributed by atoms with van der Waals surface area (Å²) in [6.45, 7) is 1.48. The fraction of sp³-hybridized carbons (Fsp3) is 0.375. The molecule has 0 aliphatic carbocycles. The molecule has 0 radical (unpaired) electrons. The van der Waals surface area contributed by atoms with Crippen molar-refractivity contribution in [2.75, 3.05) is 13.1 Å². The number of nitrogens with one attached hydrogen (secondary N) is 2. The Morgan fingerprint density at radius 1 is 1.35 bits per heavy atom. The third-order valence-corrected chi connectivity index (χ3v) is 4.74. The molecule has 1 aromatic heterocycles. The Balaban J connectivity index is 0.00000169. The maximum absolute atomic E-state index is 12.8. The number of rotatable bonds is 4. The summed E-state index contributed by atoms with van der Waals surface area (Å²) in [6, 6.07) is 5.22. The van der Waals surface area contributed by atoms with Crippen molar-refractivity contribution in [1.29, 1.82) is 0 Å². The molecule has 3 rings (SSSR count). The summed E-state index contributed by atoms with van der Waals surface area (Å²) >= 11 is 1.15. The van der Waals surface area contributed by atoms with Crippen LogP contribution in [-0.2, 0) is 6.18 Å². The number of aromatic nitrogens is 1. The van der Waals surface area contributed by atoms with E-state index in [0.717, 1.165) is 42.9 Å². The monoisotopic (exact) mass is 427 g/mol. The summed E-state index contributed by atoms with van der Waals surface area (Å²) < 4.78 is 38.3. The highest BCUT2D eigenvalue weighted by molar-refractivity contribution is 7.13. The van der Waals surface area contributed by atoms with Crippen LogP contribution in [0.5, 0.6) is 0 Å². The molecule has 1 unspecified atom stereocenters. The van der Waals surface area contributed by atoms with E-state index in [2.05, 4.69) is 15.6 Å². The van der Waals surface area contributed by atoms with E-state index in [9.17, 15) is 18.0 Å². The first-order valence-corrected chi connectivity index (χ1v) is 8.46. The minimum atomic E-state index is -4.40. The molecule has 2 N–H and O–H groups in total. The van der Waals surface area contributed by atoms with Crippen molar-refractivity contribution < 1.29 is 18.0 Å². The first kappa shape index (κ1) is 22.7. The van der Waals surface area contributed by atoms with E-state index in [1.54, 1.807) is 11.4 Å². The predicted molar refractivity (Wildman–Crippen MR) is 100 cm³/mol. The number of amides is 1. The van der Waals surface area contributed by atoms with E-state index in [0.29, 0.717) is 17.1 Å². The average molecular weight is 428 g/mol. The molecule has 10 heteroatoms. The predicted octanol–water partition coefficient (Wildman–Crippen LogP) is 4.15. The number of alkyl halides is 3. The Hall–Kier alpha value is -1.35. The maximum atomic E-state index is 12.8. The summed E-state index contributed by atoms with van der Waals surface area (Å²) in [5, 5.41) is 8.04. The van der Waals surface area contributed by atoms with Gasteiger partial charge in [0.2, 0.25) is 0 Å². The molecule has 1 amide bonds. The van der Waals surface area contributed by atoms with Crippen molar-refractivity contribution in [3.8, 4) is 10.6 Å². The highest BCUT2D eigenvalue weighted by atomic mass is 35.5. The van der Waals surface area contributed by atoms with Crippen molar-refractivity contribution in [3.63, 3.8) is 0 Å². The maximum Gasteiger partial charge on any atom is 0.416 e. The Morgan fingerprint density at radius 2 is 2.12 bits per heavy atom.